The summed E-state index contributed by atoms with van der Waals surface area (Å²) in [6.07, 6.45) is 0.846. The van der Waals surface area contributed by atoms with E-state index in [1.54, 1.807) is 28.6 Å². The molecule has 2 heterocycles. The van der Waals surface area contributed by atoms with Crippen LogP contribution in [0.4, 0.5) is 0 Å². The Morgan fingerprint density at radius 3 is 2.52 bits per heavy atom. The summed E-state index contributed by atoms with van der Waals surface area (Å²) in [5.74, 6) is 0.223. The molecule has 0 aliphatic carbocycles. The highest BCUT2D eigenvalue weighted by atomic mass is 32.2. The molecule has 1 aliphatic heterocycles. The Labute approximate surface area is 135 Å². The van der Waals surface area contributed by atoms with Crippen molar-refractivity contribution < 1.29 is 8.42 Å². The second kappa shape index (κ2) is 5.51. The molecule has 4 rings (SSSR count). The molecule has 4 nitrogen and oxygen atoms in total. The first kappa shape index (κ1) is 14.5. The number of rotatable bonds is 3. The maximum Gasteiger partial charge on any atom is 0.243 e. The summed E-state index contributed by atoms with van der Waals surface area (Å²) < 4.78 is 27.0. The van der Waals surface area contributed by atoms with E-state index in [0.717, 1.165) is 17.6 Å². The predicted molar refractivity (Wildman–Crippen MR) is 90.9 cm³/mol. The van der Waals surface area contributed by atoms with E-state index in [1.165, 1.54) is 5.39 Å². The molecule has 1 aromatic heterocycles. The highest BCUT2D eigenvalue weighted by Crippen LogP contribution is 2.32. The molecular formula is C18H18N2O2S. The molecule has 2 aromatic carbocycles. The quantitative estimate of drug-likeness (QED) is 0.802. The van der Waals surface area contributed by atoms with Crippen molar-refractivity contribution >= 4 is 20.9 Å². The molecular weight excluding hydrogens is 308 g/mol. The zero-order valence-electron chi connectivity index (χ0n) is 12.6. The minimum Gasteiger partial charge on any atom is -0.358 e. The lowest BCUT2D eigenvalue weighted by Crippen LogP contribution is -2.28. The summed E-state index contributed by atoms with van der Waals surface area (Å²) in [6, 6.07) is 18.9. The number of hydrogen-bond acceptors (Lipinski definition) is 2. The van der Waals surface area contributed by atoms with Gasteiger partial charge in [0.25, 0.3) is 0 Å². The standard InChI is InChI=1S/C18H18N2O2S/c21-23(22,16-7-2-1-3-8-16)20-11-10-15(13-20)18-12-14-6-4-5-9-17(14)19-18/h1-9,12,15,19H,10-11,13H2. The number of H-pyrrole nitrogens is 1. The SMILES string of the molecule is O=S(=O)(c1ccccc1)N1CCC(c2cc3ccccc3[nH]2)C1. The minimum absolute atomic E-state index is 0.223. The number of hydrogen-bond donors (Lipinski definition) is 1. The number of para-hydroxylation sites is 1. The zero-order chi connectivity index (χ0) is 15.9. The van der Waals surface area contributed by atoms with Crippen molar-refractivity contribution in [3.63, 3.8) is 0 Å². The highest BCUT2D eigenvalue weighted by molar-refractivity contribution is 7.89. The van der Waals surface area contributed by atoms with Crippen molar-refractivity contribution in [2.75, 3.05) is 13.1 Å². The fourth-order valence-electron chi connectivity index (χ4n) is 3.26. The highest BCUT2D eigenvalue weighted by Gasteiger charge is 2.33. The van der Waals surface area contributed by atoms with Gasteiger partial charge >= 0.3 is 0 Å². The first-order valence-corrected chi connectivity index (χ1v) is 9.21. The van der Waals surface area contributed by atoms with Crippen LogP contribution in [0.1, 0.15) is 18.0 Å². The Kier molecular flexibility index (Phi) is 3.47. The summed E-state index contributed by atoms with van der Waals surface area (Å²) >= 11 is 0. The van der Waals surface area contributed by atoms with Gasteiger partial charge in [0.15, 0.2) is 0 Å². The second-order valence-electron chi connectivity index (χ2n) is 5.97. The van der Waals surface area contributed by atoms with E-state index >= 15 is 0 Å². The molecule has 1 N–H and O–H groups in total. The molecule has 1 fully saturated rings. The summed E-state index contributed by atoms with van der Waals surface area (Å²) in [7, 11) is -3.39. The molecule has 0 spiro atoms. The average molecular weight is 326 g/mol. The Morgan fingerprint density at radius 1 is 1.00 bits per heavy atom. The fraction of sp³-hybridized carbons (Fsp3) is 0.222. The molecule has 1 aliphatic rings. The van der Waals surface area contributed by atoms with Crippen LogP contribution in [0.3, 0.4) is 0 Å². The Balaban J connectivity index is 1.59. The average Bonchev–Trinajstić information content (AvgIpc) is 3.22. The van der Waals surface area contributed by atoms with Gasteiger partial charge in [-0.3, -0.25) is 0 Å². The van der Waals surface area contributed by atoms with Crippen LogP contribution in [0.2, 0.25) is 0 Å². The van der Waals surface area contributed by atoms with E-state index in [0.29, 0.717) is 18.0 Å². The lowest BCUT2D eigenvalue weighted by atomic mass is 10.1. The van der Waals surface area contributed by atoms with Gasteiger partial charge in [0.2, 0.25) is 10.0 Å². The molecule has 0 amide bonds. The third-order valence-electron chi connectivity index (χ3n) is 4.52. The van der Waals surface area contributed by atoms with Crippen molar-refractivity contribution in [1.29, 1.82) is 0 Å². The normalized spacial score (nSPS) is 19.4. The van der Waals surface area contributed by atoms with Gasteiger partial charge in [0.1, 0.15) is 0 Å². The zero-order valence-corrected chi connectivity index (χ0v) is 13.5. The van der Waals surface area contributed by atoms with E-state index in [2.05, 4.69) is 17.1 Å². The molecule has 0 bridgehead atoms. The maximum atomic E-state index is 12.7. The van der Waals surface area contributed by atoms with Gasteiger partial charge in [-0.05, 0) is 36.1 Å². The number of fused-ring (bicyclic) bond motifs is 1. The van der Waals surface area contributed by atoms with Gasteiger partial charge in [-0.25, -0.2) is 8.42 Å². The van der Waals surface area contributed by atoms with Gasteiger partial charge in [0.05, 0.1) is 4.90 Å². The first-order valence-electron chi connectivity index (χ1n) is 7.77. The van der Waals surface area contributed by atoms with Crippen LogP contribution in [-0.2, 0) is 10.0 Å². The molecule has 5 heteroatoms. The van der Waals surface area contributed by atoms with Gasteiger partial charge in [-0.2, -0.15) is 4.31 Å². The van der Waals surface area contributed by atoms with Crippen LogP contribution in [0.5, 0.6) is 0 Å². The van der Waals surface area contributed by atoms with Crippen LogP contribution in [0.15, 0.2) is 65.6 Å². The van der Waals surface area contributed by atoms with Crippen molar-refractivity contribution in [3.05, 3.63) is 66.4 Å². The molecule has 0 saturated carbocycles. The third kappa shape index (κ3) is 2.56. The van der Waals surface area contributed by atoms with E-state index in [9.17, 15) is 8.42 Å². The number of benzene rings is 2. The molecule has 3 aromatic rings. The molecule has 0 radical (unpaired) electrons. The monoisotopic (exact) mass is 326 g/mol. The van der Waals surface area contributed by atoms with Crippen molar-refractivity contribution in [2.45, 2.75) is 17.2 Å². The molecule has 1 saturated heterocycles. The molecule has 1 atom stereocenters. The van der Waals surface area contributed by atoms with Crippen molar-refractivity contribution in [1.82, 2.24) is 9.29 Å². The number of nitrogens with zero attached hydrogens (tertiary/aromatic N) is 1. The van der Waals surface area contributed by atoms with Crippen LogP contribution in [0, 0.1) is 0 Å². The predicted octanol–water partition coefficient (Wildman–Crippen LogP) is 3.35. The van der Waals surface area contributed by atoms with E-state index in [1.807, 2.05) is 24.3 Å². The largest absolute Gasteiger partial charge is 0.358 e. The number of sulfonamides is 1. The third-order valence-corrected chi connectivity index (χ3v) is 6.40. The fourth-order valence-corrected chi connectivity index (χ4v) is 4.78. The maximum absolute atomic E-state index is 12.7. The summed E-state index contributed by atoms with van der Waals surface area (Å²) in [5, 5.41) is 1.17. The summed E-state index contributed by atoms with van der Waals surface area (Å²) in [6.45, 7) is 1.10. The van der Waals surface area contributed by atoms with Gasteiger partial charge in [-0.15, -0.1) is 0 Å². The van der Waals surface area contributed by atoms with Crippen molar-refractivity contribution in [2.24, 2.45) is 0 Å². The molecule has 1 unspecified atom stereocenters. The Hall–Kier alpha value is -2.11. The smallest absolute Gasteiger partial charge is 0.243 e. The van der Waals surface area contributed by atoms with Gasteiger partial charge in [0, 0.05) is 30.2 Å². The summed E-state index contributed by atoms with van der Waals surface area (Å²) in [5.41, 5.74) is 2.23. The van der Waals surface area contributed by atoms with Crippen molar-refractivity contribution in [3.8, 4) is 0 Å². The van der Waals surface area contributed by atoms with Gasteiger partial charge in [-0.1, -0.05) is 36.4 Å². The second-order valence-corrected chi connectivity index (χ2v) is 7.91. The van der Waals surface area contributed by atoms with Crippen LogP contribution in [-0.4, -0.2) is 30.8 Å². The van der Waals surface area contributed by atoms with E-state index < -0.39 is 10.0 Å². The van der Waals surface area contributed by atoms with Crippen LogP contribution < -0.4 is 0 Å². The number of nitrogens with one attached hydrogen (secondary N) is 1. The van der Waals surface area contributed by atoms with Crippen LogP contribution in [0.25, 0.3) is 10.9 Å². The molecule has 118 valence electrons. The van der Waals surface area contributed by atoms with E-state index in [-0.39, 0.29) is 5.92 Å². The number of aromatic nitrogens is 1. The molecule has 23 heavy (non-hydrogen) atoms. The topological polar surface area (TPSA) is 53.2 Å². The van der Waals surface area contributed by atoms with E-state index in [4.69, 9.17) is 0 Å². The van der Waals surface area contributed by atoms with Crippen LogP contribution >= 0.6 is 0 Å². The summed E-state index contributed by atoms with van der Waals surface area (Å²) in [4.78, 5) is 3.80. The minimum atomic E-state index is -3.39. The Bertz CT molecular complexity index is 899. The first-order chi connectivity index (χ1) is 11.1. The van der Waals surface area contributed by atoms with Gasteiger partial charge < -0.3 is 4.98 Å². The Morgan fingerprint density at radius 2 is 1.74 bits per heavy atom. The number of aromatic amines is 1. The lowest BCUT2D eigenvalue weighted by molar-refractivity contribution is 0.472. The lowest BCUT2D eigenvalue weighted by Gasteiger charge is -2.16.